The Morgan fingerprint density at radius 1 is 1.09 bits per heavy atom. The van der Waals surface area contributed by atoms with Crippen molar-refractivity contribution in [2.75, 3.05) is 13.1 Å². The third-order valence-electron chi connectivity index (χ3n) is 6.23. The highest BCUT2D eigenvalue weighted by Gasteiger charge is 2.30. The molecule has 4 aromatic rings. The fraction of sp³-hybridized carbons (Fsp3) is 0.259. The zero-order valence-corrected chi connectivity index (χ0v) is 18.7. The van der Waals surface area contributed by atoms with Crippen LogP contribution in [0.4, 0.5) is 0 Å². The number of piperidine rings is 1. The van der Waals surface area contributed by atoms with Gasteiger partial charge in [0.05, 0.1) is 5.69 Å². The van der Waals surface area contributed by atoms with Gasteiger partial charge >= 0.3 is 5.63 Å². The molecule has 5 rings (SSSR count). The summed E-state index contributed by atoms with van der Waals surface area (Å²) in [6.45, 7) is 5.05. The van der Waals surface area contributed by atoms with Gasteiger partial charge in [0, 0.05) is 36.2 Å². The van der Waals surface area contributed by atoms with Crippen molar-refractivity contribution in [3.8, 4) is 11.1 Å². The summed E-state index contributed by atoms with van der Waals surface area (Å²) in [7, 11) is 0. The number of rotatable bonds is 3. The Morgan fingerprint density at radius 2 is 1.94 bits per heavy atom. The van der Waals surface area contributed by atoms with Crippen molar-refractivity contribution in [3.63, 3.8) is 0 Å². The first-order chi connectivity index (χ1) is 16.0. The van der Waals surface area contributed by atoms with Crippen molar-refractivity contribution < 1.29 is 9.21 Å². The quantitative estimate of drug-likeness (QED) is 0.425. The van der Waals surface area contributed by atoms with E-state index < -0.39 is 5.63 Å². The van der Waals surface area contributed by atoms with Crippen molar-refractivity contribution in [1.82, 2.24) is 14.9 Å². The zero-order chi connectivity index (χ0) is 22.9. The monoisotopic (exact) mass is 439 g/mol. The molecule has 166 valence electrons. The maximum Gasteiger partial charge on any atom is 0.349 e. The van der Waals surface area contributed by atoms with Crippen LogP contribution in [0.25, 0.3) is 22.1 Å². The van der Waals surface area contributed by atoms with Crippen LogP contribution in [0.15, 0.2) is 70.0 Å². The number of amides is 1. The summed E-state index contributed by atoms with van der Waals surface area (Å²) in [6, 6.07) is 17.2. The fourth-order valence-electron chi connectivity index (χ4n) is 4.60. The number of hydrogen-bond donors (Lipinski definition) is 0. The van der Waals surface area contributed by atoms with E-state index in [-0.39, 0.29) is 17.4 Å². The van der Waals surface area contributed by atoms with Gasteiger partial charge in [0.25, 0.3) is 5.91 Å². The summed E-state index contributed by atoms with van der Waals surface area (Å²) in [5.41, 5.74) is 4.15. The fourth-order valence-corrected chi connectivity index (χ4v) is 4.60. The summed E-state index contributed by atoms with van der Waals surface area (Å²) in [6.07, 6.45) is 3.64. The van der Waals surface area contributed by atoms with Crippen LogP contribution in [0, 0.1) is 13.8 Å². The molecule has 6 nitrogen and oxygen atoms in total. The van der Waals surface area contributed by atoms with Crippen LogP contribution >= 0.6 is 0 Å². The van der Waals surface area contributed by atoms with Gasteiger partial charge in [0.15, 0.2) is 0 Å². The highest BCUT2D eigenvalue weighted by molar-refractivity contribution is 5.96. The predicted molar refractivity (Wildman–Crippen MR) is 127 cm³/mol. The largest absolute Gasteiger partial charge is 0.422 e. The van der Waals surface area contributed by atoms with Crippen LogP contribution in [0.3, 0.4) is 0 Å². The zero-order valence-electron chi connectivity index (χ0n) is 18.7. The Kier molecular flexibility index (Phi) is 5.50. The number of likely N-dealkylation sites (tertiary alicyclic amines) is 1. The van der Waals surface area contributed by atoms with Crippen LogP contribution in [0.1, 0.15) is 46.2 Å². The number of hydrogen-bond acceptors (Lipinski definition) is 5. The number of aryl methyl sites for hydroxylation is 2. The Labute approximate surface area is 191 Å². The normalized spacial score (nSPS) is 16.2. The summed E-state index contributed by atoms with van der Waals surface area (Å²) in [4.78, 5) is 36.9. The molecule has 0 N–H and O–H groups in total. The molecule has 3 heterocycles. The lowest BCUT2D eigenvalue weighted by Gasteiger charge is -2.33. The molecule has 2 aromatic heterocycles. The average molecular weight is 440 g/mol. The first-order valence-electron chi connectivity index (χ1n) is 11.2. The van der Waals surface area contributed by atoms with Gasteiger partial charge in [-0.25, -0.2) is 14.8 Å². The molecule has 1 atom stereocenters. The summed E-state index contributed by atoms with van der Waals surface area (Å²) < 4.78 is 5.40. The third-order valence-corrected chi connectivity index (χ3v) is 6.23. The standard InChI is InChI=1S/C27H25N3O3/c1-17-7-5-9-19(13-17)23-15-28-18(2)29-25(23)21-10-6-12-30(16-21)26(31)22-14-20-8-3-4-11-24(20)33-27(22)32/h3-5,7-9,11,13-15,21H,6,10,12,16H2,1-2H3/t21-/m0/s1. The van der Waals surface area contributed by atoms with Crippen LogP contribution in [-0.2, 0) is 0 Å². The van der Waals surface area contributed by atoms with E-state index in [1.165, 1.54) is 5.56 Å². The second kappa shape index (κ2) is 8.62. The number of aromatic nitrogens is 2. The molecule has 33 heavy (non-hydrogen) atoms. The number of benzene rings is 2. The minimum atomic E-state index is -0.598. The Morgan fingerprint density at radius 3 is 2.79 bits per heavy atom. The molecule has 1 aliphatic rings. The van der Waals surface area contributed by atoms with Crippen molar-refractivity contribution in [2.24, 2.45) is 0 Å². The van der Waals surface area contributed by atoms with Gasteiger partial charge in [-0.15, -0.1) is 0 Å². The van der Waals surface area contributed by atoms with E-state index in [0.29, 0.717) is 24.5 Å². The molecular formula is C27H25N3O3. The number of carbonyl (C=O) groups excluding carboxylic acids is 1. The van der Waals surface area contributed by atoms with Gasteiger partial charge in [0.1, 0.15) is 17.0 Å². The van der Waals surface area contributed by atoms with Gasteiger partial charge in [0.2, 0.25) is 0 Å². The summed E-state index contributed by atoms with van der Waals surface area (Å²) >= 11 is 0. The molecule has 0 radical (unpaired) electrons. The molecule has 1 amide bonds. The van der Waals surface area contributed by atoms with Gasteiger partial charge in [-0.3, -0.25) is 4.79 Å². The van der Waals surface area contributed by atoms with Crippen molar-refractivity contribution in [1.29, 1.82) is 0 Å². The van der Waals surface area contributed by atoms with Gasteiger partial charge < -0.3 is 9.32 Å². The molecule has 2 aromatic carbocycles. The molecule has 0 aliphatic carbocycles. The Bertz CT molecular complexity index is 1410. The first kappa shape index (κ1) is 21.1. The van der Waals surface area contributed by atoms with Crippen molar-refractivity contribution in [2.45, 2.75) is 32.6 Å². The van der Waals surface area contributed by atoms with Crippen LogP contribution < -0.4 is 5.63 Å². The van der Waals surface area contributed by atoms with E-state index in [4.69, 9.17) is 9.40 Å². The van der Waals surface area contributed by atoms with Crippen LogP contribution in [0.2, 0.25) is 0 Å². The molecule has 0 spiro atoms. The molecule has 0 unspecified atom stereocenters. The van der Waals surface area contributed by atoms with Crippen molar-refractivity contribution >= 4 is 16.9 Å². The molecule has 1 aliphatic heterocycles. The van der Waals surface area contributed by atoms with E-state index in [2.05, 4.69) is 30.1 Å². The smallest absolute Gasteiger partial charge is 0.349 e. The minimum Gasteiger partial charge on any atom is -0.422 e. The average Bonchev–Trinajstić information content (AvgIpc) is 2.83. The summed E-state index contributed by atoms with van der Waals surface area (Å²) in [5, 5.41) is 0.738. The SMILES string of the molecule is Cc1cccc(-c2cnc(C)nc2[C@H]2CCCN(C(=O)c3cc4ccccc4oc3=O)C2)c1. The lowest BCUT2D eigenvalue weighted by atomic mass is 9.89. The number of nitrogens with zero attached hydrogens (tertiary/aromatic N) is 3. The van der Waals surface area contributed by atoms with Gasteiger partial charge in [-0.1, -0.05) is 48.0 Å². The lowest BCUT2D eigenvalue weighted by molar-refractivity contribution is 0.0702. The molecule has 1 saturated heterocycles. The predicted octanol–water partition coefficient (Wildman–Crippen LogP) is 4.89. The number of carbonyl (C=O) groups is 1. The lowest BCUT2D eigenvalue weighted by Crippen LogP contribution is -2.41. The third kappa shape index (κ3) is 4.16. The van der Waals surface area contributed by atoms with Crippen molar-refractivity contribution in [3.05, 3.63) is 93.9 Å². The molecule has 1 fully saturated rings. The number of para-hydroxylation sites is 1. The Hall–Kier alpha value is -3.80. The van der Waals surface area contributed by atoms with Gasteiger partial charge in [-0.05, 0) is 44.4 Å². The highest BCUT2D eigenvalue weighted by Crippen LogP contribution is 2.33. The maximum atomic E-state index is 13.3. The molecule has 0 bridgehead atoms. The van der Waals surface area contributed by atoms with Crippen LogP contribution in [0.5, 0.6) is 0 Å². The second-order valence-corrected chi connectivity index (χ2v) is 8.66. The number of fused-ring (bicyclic) bond motifs is 1. The van der Waals surface area contributed by atoms with Gasteiger partial charge in [-0.2, -0.15) is 0 Å². The molecule has 0 saturated carbocycles. The molecular weight excluding hydrogens is 414 g/mol. The van der Waals surface area contributed by atoms with E-state index in [9.17, 15) is 9.59 Å². The van der Waals surface area contributed by atoms with E-state index in [0.717, 1.165) is 35.0 Å². The maximum absolute atomic E-state index is 13.3. The van der Waals surface area contributed by atoms with E-state index in [1.807, 2.05) is 31.3 Å². The minimum absolute atomic E-state index is 0.0624. The summed E-state index contributed by atoms with van der Waals surface area (Å²) in [5.74, 6) is 0.481. The van der Waals surface area contributed by atoms with Crippen LogP contribution in [-0.4, -0.2) is 33.9 Å². The molecule has 6 heteroatoms. The van der Waals surface area contributed by atoms with E-state index in [1.54, 1.807) is 23.1 Å². The van der Waals surface area contributed by atoms with E-state index >= 15 is 0 Å². The second-order valence-electron chi connectivity index (χ2n) is 8.66. The topological polar surface area (TPSA) is 76.3 Å². The highest BCUT2D eigenvalue weighted by atomic mass is 16.4. The first-order valence-corrected chi connectivity index (χ1v) is 11.2. The Balaban J connectivity index is 1.48.